The summed E-state index contributed by atoms with van der Waals surface area (Å²) in [5.74, 6) is -4.39. The Morgan fingerprint density at radius 2 is 1.81 bits per heavy atom. The van der Waals surface area contributed by atoms with E-state index in [1.165, 1.54) is 19.1 Å². The summed E-state index contributed by atoms with van der Waals surface area (Å²) in [6.07, 6.45) is -5.33. The molecule has 2 aromatic rings. The van der Waals surface area contributed by atoms with Gasteiger partial charge in [0.1, 0.15) is 11.1 Å². The molecule has 0 fully saturated rings. The molecule has 0 aliphatic carbocycles. The summed E-state index contributed by atoms with van der Waals surface area (Å²) in [6, 6.07) is 6.14. The Labute approximate surface area is 114 Å². The van der Waals surface area contributed by atoms with Crippen LogP contribution in [0.25, 0.3) is 11.0 Å². The molecule has 0 bridgehead atoms. The number of alkyl halides is 3. The second-order valence-electron chi connectivity index (χ2n) is 4.06. The first-order valence-corrected chi connectivity index (χ1v) is 5.57. The molecule has 1 aromatic carbocycles. The molecule has 0 saturated carbocycles. The highest BCUT2D eigenvalue weighted by Gasteiger charge is 2.43. The van der Waals surface area contributed by atoms with Crippen molar-refractivity contribution in [3.8, 4) is 0 Å². The number of hydrogen-bond donors (Lipinski definition) is 0. The van der Waals surface area contributed by atoms with Crippen LogP contribution in [0.1, 0.15) is 15.9 Å². The topological polar surface area (TPSA) is 73.6 Å². The lowest BCUT2D eigenvalue weighted by Gasteiger charge is -2.08. The molecule has 21 heavy (non-hydrogen) atoms. The van der Waals surface area contributed by atoms with Crippen LogP contribution >= 0.6 is 0 Å². The van der Waals surface area contributed by atoms with Gasteiger partial charge >= 0.3 is 23.7 Å². The van der Waals surface area contributed by atoms with E-state index >= 15 is 0 Å². The van der Waals surface area contributed by atoms with Crippen LogP contribution in [0.2, 0.25) is 0 Å². The van der Waals surface area contributed by atoms with Gasteiger partial charge in [-0.1, -0.05) is 18.2 Å². The minimum atomic E-state index is -5.33. The number of carbonyl (C=O) groups excluding carboxylic acids is 2. The maximum Gasteiger partial charge on any atom is 0.491 e. The van der Waals surface area contributed by atoms with Crippen molar-refractivity contribution in [3.63, 3.8) is 0 Å². The predicted molar refractivity (Wildman–Crippen MR) is 63.7 cm³/mol. The predicted octanol–water partition coefficient (Wildman–Crippen LogP) is 2.35. The zero-order chi connectivity index (χ0) is 15.8. The Morgan fingerprint density at radius 3 is 2.43 bits per heavy atom. The molecule has 5 nitrogen and oxygen atoms in total. The molecule has 0 unspecified atom stereocenters. The van der Waals surface area contributed by atoms with Crippen molar-refractivity contribution >= 4 is 22.9 Å². The number of carbonyl (C=O) groups is 2. The number of esters is 2. The highest BCUT2D eigenvalue weighted by molar-refractivity contribution is 6.01. The Bertz CT molecular complexity index is 788. The maximum absolute atomic E-state index is 12.1. The van der Waals surface area contributed by atoms with Crippen LogP contribution in [0.4, 0.5) is 13.2 Å². The van der Waals surface area contributed by atoms with Crippen LogP contribution in [0.5, 0.6) is 0 Å². The second-order valence-corrected chi connectivity index (χ2v) is 4.06. The van der Waals surface area contributed by atoms with Crippen molar-refractivity contribution in [2.24, 2.45) is 0 Å². The van der Waals surface area contributed by atoms with Crippen molar-refractivity contribution in [3.05, 3.63) is 45.8 Å². The quantitative estimate of drug-likeness (QED) is 0.459. The van der Waals surface area contributed by atoms with E-state index < -0.39 is 29.3 Å². The average molecular weight is 300 g/mol. The average Bonchev–Trinajstić information content (AvgIpc) is 2.37. The molecule has 0 spiro atoms. The number of para-hydroxylation sites is 1. The number of fused-ring (bicyclic) bond motifs is 1. The van der Waals surface area contributed by atoms with Gasteiger partial charge in [0.15, 0.2) is 0 Å². The summed E-state index contributed by atoms with van der Waals surface area (Å²) < 4.78 is 44.6. The van der Waals surface area contributed by atoms with Gasteiger partial charge in [-0.25, -0.2) is 14.4 Å². The number of aryl methyl sites for hydroxylation is 1. The molecule has 0 amide bonds. The SMILES string of the molecule is Cc1c(C(=O)OC(=O)C(F)(F)F)c(=O)oc2ccccc12. The lowest BCUT2D eigenvalue weighted by atomic mass is 10.1. The molecule has 2 rings (SSSR count). The lowest BCUT2D eigenvalue weighted by molar-refractivity contribution is -0.193. The summed E-state index contributed by atoms with van der Waals surface area (Å²) in [5.41, 5.74) is -1.68. The summed E-state index contributed by atoms with van der Waals surface area (Å²) >= 11 is 0. The van der Waals surface area contributed by atoms with E-state index in [0.29, 0.717) is 5.39 Å². The van der Waals surface area contributed by atoms with Gasteiger partial charge in [-0.15, -0.1) is 0 Å². The number of hydrogen-bond acceptors (Lipinski definition) is 5. The Morgan fingerprint density at radius 1 is 1.19 bits per heavy atom. The Balaban J connectivity index is 2.50. The third-order valence-corrected chi connectivity index (χ3v) is 2.69. The Kier molecular flexibility index (Phi) is 3.54. The molecule has 0 aliphatic heterocycles. The maximum atomic E-state index is 12.1. The van der Waals surface area contributed by atoms with Gasteiger partial charge in [0.25, 0.3) is 0 Å². The molecule has 0 aliphatic rings. The van der Waals surface area contributed by atoms with Gasteiger partial charge in [0.2, 0.25) is 0 Å². The summed E-state index contributed by atoms with van der Waals surface area (Å²) in [5, 5.41) is 0.350. The number of benzene rings is 1. The second kappa shape index (κ2) is 5.04. The van der Waals surface area contributed by atoms with Crippen molar-refractivity contribution < 1.29 is 31.9 Å². The van der Waals surface area contributed by atoms with E-state index in [9.17, 15) is 27.6 Å². The van der Waals surface area contributed by atoms with Crippen LogP contribution in [0.3, 0.4) is 0 Å². The van der Waals surface area contributed by atoms with Crippen LogP contribution in [-0.2, 0) is 9.53 Å². The van der Waals surface area contributed by atoms with Gasteiger partial charge in [-0.2, -0.15) is 13.2 Å². The molecule has 1 aromatic heterocycles. The van der Waals surface area contributed by atoms with Crippen molar-refractivity contribution in [1.82, 2.24) is 0 Å². The zero-order valence-electron chi connectivity index (χ0n) is 10.5. The van der Waals surface area contributed by atoms with Crippen LogP contribution in [0, 0.1) is 6.92 Å². The molecule has 0 saturated heterocycles. The number of ether oxygens (including phenoxy) is 1. The van der Waals surface area contributed by atoms with Crippen molar-refractivity contribution in [2.75, 3.05) is 0 Å². The fourth-order valence-electron chi connectivity index (χ4n) is 1.73. The largest absolute Gasteiger partial charge is 0.491 e. The third kappa shape index (κ3) is 2.78. The summed E-state index contributed by atoms with van der Waals surface area (Å²) in [6.45, 7) is 1.34. The smallest absolute Gasteiger partial charge is 0.422 e. The first kappa shape index (κ1) is 14.8. The van der Waals surface area contributed by atoms with Gasteiger partial charge in [0.05, 0.1) is 0 Å². The van der Waals surface area contributed by atoms with Gasteiger partial charge in [-0.05, 0) is 18.6 Å². The fraction of sp³-hybridized carbons (Fsp3) is 0.154. The Hall–Kier alpha value is -2.64. The van der Waals surface area contributed by atoms with Crippen LogP contribution in [0.15, 0.2) is 33.5 Å². The van der Waals surface area contributed by atoms with E-state index in [-0.39, 0.29) is 11.1 Å². The van der Waals surface area contributed by atoms with Gasteiger partial charge in [0, 0.05) is 5.39 Å². The van der Waals surface area contributed by atoms with E-state index in [4.69, 9.17) is 4.42 Å². The third-order valence-electron chi connectivity index (χ3n) is 2.69. The molecule has 8 heteroatoms. The van der Waals surface area contributed by atoms with E-state index in [2.05, 4.69) is 4.74 Å². The minimum Gasteiger partial charge on any atom is -0.422 e. The van der Waals surface area contributed by atoms with Gasteiger partial charge in [-0.3, -0.25) is 0 Å². The van der Waals surface area contributed by atoms with Gasteiger partial charge < -0.3 is 9.15 Å². The number of halogens is 3. The first-order chi connectivity index (χ1) is 9.71. The molecular formula is C13H7F3O5. The normalized spacial score (nSPS) is 11.4. The van der Waals surface area contributed by atoms with E-state index in [1.54, 1.807) is 12.1 Å². The monoisotopic (exact) mass is 300 g/mol. The highest BCUT2D eigenvalue weighted by Crippen LogP contribution is 2.21. The molecule has 0 atom stereocenters. The summed E-state index contributed by atoms with van der Waals surface area (Å²) in [4.78, 5) is 33.9. The van der Waals surface area contributed by atoms with E-state index in [1.807, 2.05) is 0 Å². The highest BCUT2D eigenvalue weighted by atomic mass is 19.4. The fourth-order valence-corrected chi connectivity index (χ4v) is 1.73. The molecule has 0 N–H and O–H groups in total. The van der Waals surface area contributed by atoms with Crippen molar-refractivity contribution in [2.45, 2.75) is 13.1 Å². The zero-order valence-corrected chi connectivity index (χ0v) is 10.5. The lowest BCUT2D eigenvalue weighted by Crippen LogP contribution is -2.30. The summed E-state index contributed by atoms with van der Waals surface area (Å²) in [7, 11) is 0. The number of rotatable bonds is 1. The molecule has 110 valence electrons. The van der Waals surface area contributed by atoms with Crippen LogP contribution < -0.4 is 5.63 Å². The van der Waals surface area contributed by atoms with Crippen molar-refractivity contribution in [1.29, 1.82) is 0 Å². The van der Waals surface area contributed by atoms with E-state index in [0.717, 1.165) is 0 Å². The molecular weight excluding hydrogens is 293 g/mol. The molecule has 0 radical (unpaired) electrons. The molecule has 1 heterocycles. The van der Waals surface area contributed by atoms with Crippen LogP contribution in [-0.4, -0.2) is 18.1 Å². The first-order valence-electron chi connectivity index (χ1n) is 5.57. The standard InChI is InChI=1S/C13H7F3O5/c1-6-7-4-2-3-5-8(7)20-10(17)9(6)11(18)21-12(19)13(14,15)16/h2-5H,1H3. The minimum absolute atomic E-state index is 0.0711.